The Morgan fingerprint density at radius 2 is 1.82 bits per heavy atom. The monoisotopic (exact) mass is 518 g/mol. The number of amides is 2. The zero-order valence-corrected chi connectivity index (χ0v) is 20.9. The van der Waals surface area contributed by atoms with Crippen LogP contribution in [0.4, 0.5) is 19.3 Å². The second kappa shape index (κ2) is 10.1. The summed E-state index contributed by atoms with van der Waals surface area (Å²) in [4.78, 5) is 21.3. The summed E-state index contributed by atoms with van der Waals surface area (Å²) in [6.45, 7) is 1.89. The second-order valence-electron chi connectivity index (χ2n) is 10.1. The average molecular weight is 519 g/mol. The standard InChI is InChI=1S/C28H28F2N6O2/c1-35-13-20-15-36(27(37)34-24-8-22(29)7-23(30)9-24)16-21(14-35)28(20,38)26-5-3-18(12-33-26)25-4-2-17(10-31)6-19(25)11-32/h2-9,12,20-21,38H,10,13-16,31H2,1H3,(H,34,37)/t20-,21+,28?. The predicted octanol–water partition coefficient (Wildman–Crippen LogP) is 3.27. The van der Waals surface area contributed by atoms with Crippen molar-refractivity contribution in [3.05, 3.63) is 83.2 Å². The van der Waals surface area contributed by atoms with Crippen molar-refractivity contribution in [3.63, 3.8) is 0 Å². The lowest BCUT2D eigenvalue weighted by atomic mass is 9.68. The summed E-state index contributed by atoms with van der Waals surface area (Å²) >= 11 is 0. The normalized spacial score (nSPS) is 23.1. The summed E-state index contributed by atoms with van der Waals surface area (Å²) in [5, 5.41) is 24.2. The van der Waals surface area contributed by atoms with Gasteiger partial charge in [-0.2, -0.15) is 5.26 Å². The van der Waals surface area contributed by atoms with Gasteiger partial charge in [-0.3, -0.25) is 4.98 Å². The molecule has 3 atom stereocenters. The van der Waals surface area contributed by atoms with Crippen LogP contribution in [0.25, 0.3) is 11.1 Å². The van der Waals surface area contributed by atoms with E-state index in [0.29, 0.717) is 30.9 Å². The van der Waals surface area contributed by atoms with Crippen molar-refractivity contribution in [2.24, 2.45) is 17.6 Å². The fourth-order valence-electron chi connectivity index (χ4n) is 5.70. The molecule has 196 valence electrons. The number of benzene rings is 2. The third-order valence-electron chi connectivity index (χ3n) is 7.52. The number of carbonyl (C=O) groups is 1. The first-order valence-electron chi connectivity index (χ1n) is 12.3. The Hall–Kier alpha value is -3.91. The number of pyridine rings is 1. The summed E-state index contributed by atoms with van der Waals surface area (Å²) in [6, 6.07) is 13.7. The van der Waals surface area contributed by atoms with Gasteiger partial charge in [0.1, 0.15) is 17.2 Å². The second-order valence-corrected chi connectivity index (χ2v) is 10.1. The lowest BCUT2D eigenvalue weighted by Crippen LogP contribution is -2.66. The van der Waals surface area contributed by atoms with Crippen molar-refractivity contribution in [2.45, 2.75) is 12.1 Å². The van der Waals surface area contributed by atoms with Gasteiger partial charge in [0.05, 0.1) is 17.3 Å². The van der Waals surface area contributed by atoms with Crippen LogP contribution in [-0.4, -0.2) is 59.1 Å². The highest BCUT2D eigenvalue weighted by Crippen LogP contribution is 2.44. The van der Waals surface area contributed by atoms with Crippen LogP contribution in [0.5, 0.6) is 0 Å². The molecule has 2 saturated heterocycles. The summed E-state index contributed by atoms with van der Waals surface area (Å²) in [5.74, 6) is -2.24. The maximum absolute atomic E-state index is 13.6. The van der Waals surface area contributed by atoms with E-state index >= 15 is 0 Å². The molecule has 3 heterocycles. The van der Waals surface area contributed by atoms with E-state index in [0.717, 1.165) is 34.9 Å². The highest BCUT2D eigenvalue weighted by molar-refractivity contribution is 5.89. The summed E-state index contributed by atoms with van der Waals surface area (Å²) < 4.78 is 27.2. The molecular weight excluding hydrogens is 490 g/mol. The minimum Gasteiger partial charge on any atom is -0.383 e. The summed E-state index contributed by atoms with van der Waals surface area (Å²) in [7, 11) is 1.97. The SMILES string of the molecule is CN1C[C@@H]2CN(C(=O)Nc3cc(F)cc(F)c3)C[C@H](C1)C2(O)c1ccc(-c2ccc(CN)cc2C#N)cn1. The zero-order valence-electron chi connectivity index (χ0n) is 20.9. The largest absolute Gasteiger partial charge is 0.383 e. The number of urea groups is 1. The van der Waals surface area contributed by atoms with Crippen LogP contribution in [0.15, 0.2) is 54.7 Å². The average Bonchev–Trinajstić information content (AvgIpc) is 2.88. The summed E-state index contributed by atoms with van der Waals surface area (Å²) in [6.07, 6.45) is 1.66. The van der Waals surface area contributed by atoms with Gasteiger partial charge < -0.3 is 26.0 Å². The Morgan fingerprint density at radius 1 is 1.13 bits per heavy atom. The first-order chi connectivity index (χ1) is 18.2. The van der Waals surface area contributed by atoms with Gasteiger partial charge in [-0.25, -0.2) is 13.6 Å². The van der Waals surface area contributed by atoms with Gasteiger partial charge in [-0.1, -0.05) is 18.2 Å². The number of rotatable bonds is 4. The quantitative estimate of drug-likeness (QED) is 0.488. The number of piperidine rings is 2. The number of nitrogens with one attached hydrogen (secondary N) is 1. The van der Waals surface area contributed by atoms with E-state index < -0.39 is 23.3 Å². The lowest BCUT2D eigenvalue weighted by Gasteiger charge is -2.54. The number of nitriles is 1. The first-order valence-corrected chi connectivity index (χ1v) is 12.3. The number of halogens is 2. The fraction of sp³-hybridized carbons (Fsp3) is 0.321. The van der Waals surface area contributed by atoms with Gasteiger partial charge >= 0.3 is 6.03 Å². The maximum atomic E-state index is 13.6. The van der Waals surface area contributed by atoms with Crippen LogP contribution < -0.4 is 11.1 Å². The van der Waals surface area contributed by atoms with Crippen molar-refractivity contribution >= 4 is 11.7 Å². The van der Waals surface area contributed by atoms with E-state index in [1.807, 2.05) is 25.2 Å². The molecule has 0 spiro atoms. The molecule has 2 aliphatic heterocycles. The van der Waals surface area contributed by atoms with Crippen LogP contribution in [0.1, 0.15) is 16.8 Å². The third kappa shape index (κ3) is 4.72. The molecule has 2 amide bonds. The lowest BCUT2D eigenvalue weighted by molar-refractivity contribution is -0.155. The molecular formula is C28H28F2N6O2. The predicted molar refractivity (Wildman–Crippen MR) is 138 cm³/mol. The molecule has 2 aromatic carbocycles. The molecule has 38 heavy (non-hydrogen) atoms. The molecule has 0 aliphatic carbocycles. The Kier molecular flexibility index (Phi) is 6.84. The number of aromatic nitrogens is 1. The minimum absolute atomic E-state index is 0.0316. The summed E-state index contributed by atoms with van der Waals surface area (Å²) in [5.41, 5.74) is 7.81. The van der Waals surface area contributed by atoms with E-state index in [-0.39, 0.29) is 30.6 Å². The first kappa shape index (κ1) is 25.7. The molecule has 0 saturated carbocycles. The minimum atomic E-state index is -1.27. The highest BCUT2D eigenvalue weighted by atomic mass is 19.1. The van der Waals surface area contributed by atoms with Crippen molar-refractivity contribution < 1.29 is 18.7 Å². The highest BCUT2D eigenvalue weighted by Gasteiger charge is 2.54. The van der Waals surface area contributed by atoms with Crippen LogP contribution in [-0.2, 0) is 12.1 Å². The molecule has 2 fully saturated rings. The topological polar surface area (TPSA) is 119 Å². The van der Waals surface area contributed by atoms with Crippen LogP contribution in [0.2, 0.25) is 0 Å². The molecule has 4 N–H and O–H groups in total. The van der Waals surface area contributed by atoms with Crippen LogP contribution >= 0.6 is 0 Å². The molecule has 10 heteroatoms. The Morgan fingerprint density at radius 3 is 2.39 bits per heavy atom. The van der Waals surface area contributed by atoms with Gasteiger partial charge in [0, 0.05) is 73.6 Å². The van der Waals surface area contributed by atoms with Crippen molar-refractivity contribution in [2.75, 3.05) is 38.5 Å². The number of nitrogens with zero attached hydrogens (tertiary/aromatic N) is 4. The molecule has 2 aliphatic rings. The maximum Gasteiger partial charge on any atom is 0.321 e. The third-order valence-corrected chi connectivity index (χ3v) is 7.52. The van der Waals surface area contributed by atoms with Gasteiger partial charge in [0.15, 0.2) is 0 Å². The van der Waals surface area contributed by atoms with Gasteiger partial charge in [-0.15, -0.1) is 0 Å². The van der Waals surface area contributed by atoms with E-state index in [4.69, 9.17) is 5.73 Å². The number of likely N-dealkylation sites (tertiary alicyclic amines) is 2. The van der Waals surface area contributed by atoms with E-state index in [1.54, 1.807) is 23.2 Å². The number of hydrogen-bond donors (Lipinski definition) is 3. The molecule has 5 rings (SSSR count). The molecule has 8 nitrogen and oxygen atoms in total. The fourth-order valence-corrected chi connectivity index (χ4v) is 5.70. The van der Waals surface area contributed by atoms with E-state index in [1.165, 1.54) is 0 Å². The van der Waals surface area contributed by atoms with Gasteiger partial charge in [-0.05, 0) is 36.9 Å². The van der Waals surface area contributed by atoms with Gasteiger partial charge in [0.2, 0.25) is 0 Å². The number of hydrogen-bond acceptors (Lipinski definition) is 6. The number of fused-ring (bicyclic) bond motifs is 2. The van der Waals surface area contributed by atoms with Gasteiger partial charge in [0.25, 0.3) is 0 Å². The molecule has 1 aromatic heterocycles. The van der Waals surface area contributed by atoms with Crippen molar-refractivity contribution in [1.82, 2.24) is 14.8 Å². The van der Waals surface area contributed by atoms with Crippen LogP contribution in [0.3, 0.4) is 0 Å². The molecule has 3 aromatic rings. The van der Waals surface area contributed by atoms with E-state index in [9.17, 15) is 23.9 Å². The Bertz CT molecular complexity index is 1370. The zero-order chi connectivity index (χ0) is 27.0. The van der Waals surface area contributed by atoms with Crippen molar-refractivity contribution in [3.8, 4) is 17.2 Å². The number of carbonyl (C=O) groups excluding carboxylic acids is 1. The number of nitrogens with two attached hydrogens (primary N) is 1. The molecule has 2 bridgehead atoms. The molecule has 0 radical (unpaired) electrons. The molecule has 1 unspecified atom stereocenters. The number of aliphatic hydroxyl groups is 1. The smallest absolute Gasteiger partial charge is 0.321 e. The van der Waals surface area contributed by atoms with E-state index in [2.05, 4.69) is 21.3 Å². The Labute approximate surface area is 219 Å². The van der Waals surface area contributed by atoms with Crippen LogP contribution in [0, 0.1) is 34.8 Å². The van der Waals surface area contributed by atoms with Crippen molar-refractivity contribution in [1.29, 1.82) is 5.26 Å². The number of anilines is 1. The Balaban J connectivity index is 1.39.